The first-order valence-corrected chi connectivity index (χ1v) is 7.15. The van der Waals surface area contributed by atoms with E-state index in [1.165, 1.54) is 44.9 Å². The van der Waals surface area contributed by atoms with Crippen LogP contribution in [0.5, 0.6) is 0 Å². The SMILES string of the molecule is CCCCCCC(C)(C)CCC[Si]O. The second kappa shape index (κ2) is 8.48. The summed E-state index contributed by atoms with van der Waals surface area (Å²) in [5, 5.41) is 0. The zero-order chi connectivity index (χ0) is 10.9. The largest absolute Gasteiger partial charge is 0.432 e. The Morgan fingerprint density at radius 1 is 1.00 bits per heavy atom. The van der Waals surface area contributed by atoms with E-state index in [4.69, 9.17) is 4.80 Å². The Morgan fingerprint density at radius 2 is 1.64 bits per heavy atom. The molecular formula is C12H26OSi. The average molecular weight is 214 g/mol. The summed E-state index contributed by atoms with van der Waals surface area (Å²) >= 11 is 0. The lowest BCUT2D eigenvalue weighted by Crippen LogP contribution is -2.11. The summed E-state index contributed by atoms with van der Waals surface area (Å²) in [5.41, 5.74) is 0.493. The van der Waals surface area contributed by atoms with Crippen molar-refractivity contribution in [1.82, 2.24) is 0 Å². The van der Waals surface area contributed by atoms with E-state index in [1.54, 1.807) is 0 Å². The van der Waals surface area contributed by atoms with Gasteiger partial charge in [-0.15, -0.1) is 0 Å². The molecule has 0 saturated heterocycles. The van der Waals surface area contributed by atoms with Crippen LogP contribution < -0.4 is 0 Å². The smallest absolute Gasteiger partial charge is 0.224 e. The molecule has 84 valence electrons. The van der Waals surface area contributed by atoms with Gasteiger partial charge < -0.3 is 4.80 Å². The second-order valence-electron chi connectivity index (χ2n) is 4.99. The lowest BCUT2D eigenvalue weighted by atomic mass is 9.83. The van der Waals surface area contributed by atoms with E-state index < -0.39 is 0 Å². The normalized spacial score (nSPS) is 12.0. The van der Waals surface area contributed by atoms with Gasteiger partial charge in [-0.05, 0) is 24.3 Å². The minimum absolute atomic E-state index is 0.146. The van der Waals surface area contributed by atoms with Crippen molar-refractivity contribution in [1.29, 1.82) is 0 Å². The van der Waals surface area contributed by atoms with Gasteiger partial charge in [-0.2, -0.15) is 0 Å². The first-order chi connectivity index (χ1) is 6.62. The molecule has 0 unspecified atom stereocenters. The van der Waals surface area contributed by atoms with Crippen LogP contribution in [0.25, 0.3) is 0 Å². The molecule has 1 nitrogen and oxygen atoms in total. The summed E-state index contributed by atoms with van der Waals surface area (Å²) in [4.78, 5) is 8.74. The zero-order valence-corrected chi connectivity index (χ0v) is 11.1. The van der Waals surface area contributed by atoms with Crippen molar-refractivity contribution in [3.05, 3.63) is 0 Å². The Balaban J connectivity index is 3.40. The summed E-state index contributed by atoms with van der Waals surface area (Å²) in [5.74, 6) is 0. The molecule has 0 aromatic rings. The maximum Gasteiger partial charge on any atom is 0.224 e. The minimum atomic E-state index is 0.146. The molecule has 2 radical (unpaired) electrons. The van der Waals surface area contributed by atoms with Crippen LogP contribution in [0.4, 0.5) is 0 Å². The van der Waals surface area contributed by atoms with Crippen LogP contribution in [0, 0.1) is 5.41 Å². The predicted molar refractivity (Wildman–Crippen MR) is 64.6 cm³/mol. The lowest BCUT2D eigenvalue weighted by molar-refractivity contribution is 0.291. The molecule has 0 aliphatic rings. The van der Waals surface area contributed by atoms with Crippen LogP contribution in [0.3, 0.4) is 0 Å². The summed E-state index contributed by atoms with van der Waals surface area (Å²) < 4.78 is 0. The minimum Gasteiger partial charge on any atom is -0.432 e. The molecular weight excluding hydrogens is 188 g/mol. The van der Waals surface area contributed by atoms with E-state index in [1.807, 2.05) is 0 Å². The Bertz CT molecular complexity index is 123. The molecule has 0 bridgehead atoms. The zero-order valence-electron chi connectivity index (χ0n) is 10.1. The first kappa shape index (κ1) is 14.2. The number of hydrogen-bond donors (Lipinski definition) is 1. The Hall–Kier alpha value is 0.177. The van der Waals surface area contributed by atoms with Crippen molar-refractivity contribution < 1.29 is 4.80 Å². The van der Waals surface area contributed by atoms with Gasteiger partial charge in [0, 0.05) is 0 Å². The van der Waals surface area contributed by atoms with Gasteiger partial charge >= 0.3 is 0 Å². The van der Waals surface area contributed by atoms with Gasteiger partial charge in [-0.1, -0.05) is 52.9 Å². The maximum atomic E-state index is 8.74. The van der Waals surface area contributed by atoms with Gasteiger partial charge in [0.15, 0.2) is 0 Å². The lowest BCUT2D eigenvalue weighted by Gasteiger charge is -2.24. The molecule has 0 aromatic carbocycles. The second-order valence-corrected chi connectivity index (χ2v) is 5.80. The standard InChI is InChI=1S/C12H26OSi/c1-4-5-6-7-9-12(2,3)10-8-11-14-13/h13H,4-11H2,1-3H3. The summed E-state index contributed by atoms with van der Waals surface area (Å²) in [6, 6.07) is 0.998. The van der Waals surface area contributed by atoms with Gasteiger partial charge in [0.1, 0.15) is 0 Å². The van der Waals surface area contributed by atoms with Crippen LogP contribution in [-0.4, -0.2) is 14.6 Å². The van der Waals surface area contributed by atoms with E-state index in [-0.39, 0.29) is 9.76 Å². The third kappa shape index (κ3) is 8.76. The monoisotopic (exact) mass is 214 g/mol. The van der Waals surface area contributed by atoms with Gasteiger partial charge in [0.25, 0.3) is 0 Å². The van der Waals surface area contributed by atoms with Crippen molar-refractivity contribution in [2.24, 2.45) is 5.41 Å². The van der Waals surface area contributed by atoms with Gasteiger partial charge in [-0.25, -0.2) is 0 Å². The first-order valence-electron chi connectivity index (χ1n) is 5.99. The molecule has 0 spiro atoms. The van der Waals surface area contributed by atoms with E-state index >= 15 is 0 Å². The molecule has 0 amide bonds. The molecule has 0 saturated carbocycles. The van der Waals surface area contributed by atoms with Crippen LogP contribution in [0.2, 0.25) is 6.04 Å². The highest BCUT2D eigenvalue weighted by molar-refractivity contribution is 6.25. The third-order valence-corrected chi connectivity index (χ3v) is 3.43. The van der Waals surface area contributed by atoms with E-state index in [9.17, 15) is 0 Å². The van der Waals surface area contributed by atoms with Crippen molar-refractivity contribution in [2.75, 3.05) is 0 Å². The fourth-order valence-electron chi connectivity index (χ4n) is 1.80. The van der Waals surface area contributed by atoms with E-state index in [2.05, 4.69) is 20.8 Å². The fraction of sp³-hybridized carbons (Fsp3) is 1.00. The van der Waals surface area contributed by atoms with Gasteiger partial charge in [-0.3, -0.25) is 0 Å². The Kier molecular flexibility index (Phi) is 8.59. The topological polar surface area (TPSA) is 20.2 Å². The molecule has 1 N–H and O–H groups in total. The van der Waals surface area contributed by atoms with Crippen molar-refractivity contribution in [2.45, 2.75) is 71.8 Å². The highest BCUT2D eigenvalue weighted by Gasteiger charge is 2.16. The van der Waals surface area contributed by atoms with Crippen LogP contribution in [0.15, 0.2) is 0 Å². The molecule has 0 atom stereocenters. The molecule has 0 heterocycles. The molecule has 0 fully saturated rings. The van der Waals surface area contributed by atoms with E-state index in [0.717, 1.165) is 6.04 Å². The summed E-state index contributed by atoms with van der Waals surface area (Å²) in [6.45, 7) is 6.98. The van der Waals surface area contributed by atoms with E-state index in [0.29, 0.717) is 5.41 Å². The summed E-state index contributed by atoms with van der Waals surface area (Å²) in [7, 11) is 0.146. The Labute approximate surface area is 92.2 Å². The van der Waals surface area contributed by atoms with Gasteiger partial charge in [0.05, 0.1) is 0 Å². The molecule has 0 rings (SSSR count). The predicted octanol–water partition coefficient (Wildman–Crippen LogP) is 3.79. The quantitative estimate of drug-likeness (QED) is 0.457. The highest BCUT2D eigenvalue weighted by Crippen LogP contribution is 2.29. The number of unbranched alkanes of at least 4 members (excludes halogenated alkanes) is 3. The maximum absolute atomic E-state index is 8.74. The number of rotatable bonds is 9. The molecule has 14 heavy (non-hydrogen) atoms. The van der Waals surface area contributed by atoms with Crippen molar-refractivity contribution in [3.8, 4) is 0 Å². The molecule has 0 aliphatic carbocycles. The molecule has 0 aromatic heterocycles. The van der Waals surface area contributed by atoms with Crippen LogP contribution in [-0.2, 0) is 0 Å². The molecule has 2 heteroatoms. The van der Waals surface area contributed by atoms with Crippen LogP contribution >= 0.6 is 0 Å². The van der Waals surface area contributed by atoms with Crippen LogP contribution in [0.1, 0.15) is 65.7 Å². The highest BCUT2D eigenvalue weighted by atomic mass is 28.2. The third-order valence-electron chi connectivity index (χ3n) is 2.85. The summed E-state index contributed by atoms with van der Waals surface area (Å²) in [6.07, 6.45) is 9.29. The fourth-order valence-corrected chi connectivity index (χ4v) is 2.14. The van der Waals surface area contributed by atoms with Gasteiger partial charge in [0.2, 0.25) is 9.76 Å². The van der Waals surface area contributed by atoms with Crippen molar-refractivity contribution in [3.63, 3.8) is 0 Å². The average Bonchev–Trinajstić information content (AvgIpc) is 2.13. The molecule has 0 aliphatic heterocycles. The Morgan fingerprint density at radius 3 is 2.21 bits per heavy atom. The van der Waals surface area contributed by atoms with Crippen molar-refractivity contribution >= 4 is 9.76 Å². The number of hydrogen-bond acceptors (Lipinski definition) is 1.